The molecule has 0 saturated carbocycles. The quantitative estimate of drug-likeness (QED) is 0.602. The Labute approximate surface area is 126 Å². The van der Waals surface area contributed by atoms with Crippen molar-refractivity contribution in [3.63, 3.8) is 0 Å². The van der Waals surface area contributed by atoms with Gasteiger partial charge in [-0.25, -0.2) is 4.57 Å². The van der Waals surface area contributed by atoms with Crippen molar-refractivity contribution < 1.29 is 19.1 Å². The molecule has 4 N–H and O–H groups in total. The number of rotatable bonds is 4. The Balaban J connectivity index is 1.99. The number of nitrogen functional groups attached to an aromatic ring is 1. The summed E-state index contributed by atoms with van der Waals surface area (Å²) in [6.07, 6.45) is 1.08. The summed E-state index contributed by atoms with van der Waals surface area (Å²) in [5.41, 5.74) is 6.06. The Hall–Kier alpha value is -1.97. The molecule has 0 aliphatic carbocycles. The minimum Gasteiger partial charge on any atom is -0.386 e. The van der Waals surface area contributed by atoms with Crippen LogP contribution in [0.5, 0.6) is 0 Å². The van der Waals surface area contributed by atoms with E-state index in [1.807, 2.05) is 0 Å². The number of nitrogens with zero attached hydrogens (tertiary/aromatic N) is 3. The van der Waals surface area contributed by atoms with Crippen molar-refractivity contribution in [2.24, 2.45) is 13.0 Å². The van der Waals surface area contributed by atoms with Gasteiger partial charge >= 0.3 is 5.65 Å². The van der Waals surface area contributed by atoms with Crippen LogP contribution in [0.25, 0.3) is 11.2 Å². The van der Waals surface area contributed by atoms with E-state index in [0.29, 0.717) is 30.8 Å². The molecular weight excluding hydrogens is 290 g/mol. The number of nitrogens with one attached hydrogen (secondary N) is 1. The molecule has 0 amide bonds. The zero-order valence-electron chi connectivity index (χ0n) is 12.5. The third-order valence-electron chi connectivity index (χ3n) is 4.01. The predicted molar refractivity (Wildman–Crippen MR) is 76.9 cm³/mol. The summed E-state index contributed by atoms with van der Waals surface area (Å²) in [7, 11) is 3.35. The maximum atomic E-state index is 12.0. The van der Waals surface area contributed by atoms with Crippen LogP contribution in [0.3, 0.4) is 0 Å². The molecule has 0 bridgehead atoms. The van der Waals surface area contributed by atoms with Gasteiger partial charge in [0.1, 0.15) is 6.10 Å². The van der Waals surface area contributed by atoms with E-state index in [1.165, 1.54) is 0 Å². The molecule has 3 rings (SSSR count). The van der Waals surface area contributed by atoms with Crippen LogP contribution in [-0.4, -0.2) is 46.1 Å². The minimum atomic E-state index is -0.701. The van der Waals surface area contributed by atoms with E-state index in [4.69, 9.17) is 15.2 Å². The molecule has 120 valence electrons. The maximum Gasteiger partial charge on any atom is 0.313 e. The van der Waals surface area contributed by atoms with Crippen LogP contribution >= 0.6 is 0 Å². The molecule has 9 nitrogen and oxygen atoms in total. The van der Waals surface area contributed by atoms with Crippen molar-refractivity contribution in [3.05, 3.63) is 16.7 Å². The van der Waals surface area contributed by atoms with Crippen LogP contribution in [0.15, 0.2) is 11.1 Å². The lowest BCUT2D eigenvalue weighted by atomic mass is 10.0. The standard InChI is InChI=1S/C13H19N5O4/c1-17-6-18(10-8(17)11(20)16-13(14)15-10)12-9(19)7(5-22-12)3-4-21-2/h6-7,9,12,19H,3-5H2,1-2H3,(H2-,14,15,16,20)/p+1/t7-,9-,12-/m1/s1. The first kappa shape index (κ1) is 14.9. The van der Waals surface area contributed by atoms with E-state index >= 15 is 0 Å². The molecule has 3 heterocycles. The van der Waals surface area contributed by atoms with Gasteiger partial charge in [-0.15, -0.1) is 0 Å². The normalized spacial score (nSPS) is 25.1. The molecule has 2 aromatic rings. The summed E-state index contributed by atoms with van der Waals surface area (Å²) >= 11 is 0. The SMILES string of the molecule is COCC[C@@H]1CO[C@@H]([n+]2cn(C)c3c(=O)[nH]c(N)nc32)[C@@H]1O. The van der Waals surface area contributed by atoms with Gasteiger partial charge in [0.15, 0.2) is 6.33 Å². The first-order valence-electron chi connectivity index (χ1n) is 7.07. The van der Waals surface area contributed by atoms with Crippen LogP contribution in [0, 0.1) is 5.92 Å². The fourth-order valence-corrected chi connectivity index (χ4v) is 2.88. The average molecular weight is 310 g/mol. The third-order valence-corrected chi connectivity index (χ3v) is 4.01. The molecular formula is C13H20N5O4+. The lowest BCUT2D eigenvalue weighted by Gasteiger charge is -2.15. The van der Waals surface area contributed by atoms with Crippen molar-refractivity contribution in [3.8, 4) is 0 Å². The van der Waals surface area contributed by atoms with Gasteiger partial charge in [-0.05, 0) is 6.42 Å². The zero-order chi connectivity index (χ0) is 15.9. The van der Waals surface area contributed by atoms with Crippen molar-refractivity contribution in [1.82, 2.24) is 14.5 Å². The number of imidazole rings is 1. The molecule has 1 aliphatic rings. The minimum absolute atomic E-state index is 0.0213. The van der Waals surface area contributed by atoms with E-state index < -0.39 is 12.3 Å². The Morgan fingerprint density at radius 3 is 3.18 bits per heavy atom. The summed E-state index contributed by atoms with van der Waals surface area (Å²) in [5.74, 6) is 0.00733. The van der Waals surface area contributed by atoms with Crippen molar-refractivity contribution in [2.45, 2.75) is 18.8 Å². The van der Waals surface area contributed by atoms with Gasteiger partial charge in [-0.2, -0.15) is 0 Å². The van der Waals surface area contributed by atoms with E-state index in [-0.39, 0.29) is 17.4 Å². The van der Waals surface area contributed by atoms with Crippen molar-refractivity contribution >= 4 is 17.1 Å². The van der Waals surface area contributed by atoms with Gasteiger partial charge in [-0.1, -0.05) is 4.98 Å². The molecule has 0 spiro atoms. The Bertz CT molecular complexity index is 740. The topological polar surface area (TPSA) is 119 Å². The second-order valence-corrected chi connectivity index (χ2v) is 5.51. The maximum absolute atomic E-state index is 12.0. The van der Waals surface area contributed by atoms with Gasteiger partial charge < -0.3 is 20.3 Å². The van der Waals surface area contributed by atoms with E-state index in [2.05, 4.69) is 9.97 Å². The number of hydrogen-bond acceptors (Lipinski definition) is 6. The van der Waals surface area contributed by atoms with Gasteiger partial charge in [0.25, 0.3) is 11.5 Å². The van der Waals surface area contributed by atoms with E-state index in [9.17, 15) is 9.90 Å². The van der Waals surface area contributed by atoms with Crippen LogP contribution in [0.2, 0.25) is 0 Å². The number of aryl methyl sites for hydroxylation is 1. The highest BCUT2D eigenvalue weighted by molar-refractivity contribution is 5.67. The summed E-state index contributed by atoms with van der Waals surface area (Å²) in [6, 6.07) is 0. The van der Waals surface area contributed by atoms with Gasteiger partial charge in [0, 0.05) is 19.6 Å². The number of aromatic amines is 1. The van der Waals surface area contributed by atoms with E-state index in [1.54, 1.807) is 29.6 Å². The predicted octanol–water partition coefficient (Wildman–Crippen LogP) is -1.33. The second kappa shape index (κ2) is 5.67. The zero-order valence-corrected chi connectivity index (χ0v) is 12.5. The summed E-state index contributed by atoms with van der Waals surface area (Å²) in [5, 5.41) is 10.5. The fraction of sp³-hybridized carbons (Fsp3) is 0.615. The largest absolute Gasteiger partial charge is 0.386 e. The molecule has 0 aromatic carbocycles. The summed E-state index contributed by atoms with van der Waals surface area (Å²) in [4.78, 5) is 18.6. The number of fused-ring (bicyclic) bond motifs is 1. The molecule has 22 heavy (non-hydrogen) atoms. The first-order chi connectivity index (χ1) is 10.5. The number of anilines is 1. The number of aliphatic hydroxyl groups is 1. The van der Waals surface area contributed by atoms with Crippen LogP contribution < -0.4 is 15.9 Å². The summed E-state index contributed by atoms with van der Waals surface area (Å²) in [6.45, 7) is 0.986. The number of ether oxygens (including phenoxy) is 2. The molecule has 2 aromatic heterocycles. The Morgan fingerprint density at radius 1 is 1.68 bits per heavy atom. The van der Waals surface area contributed by atoms with Crippen LogP contribution in [0.4, 0.5) is 5.95 Å². The lowest BCUT2D eigenvalue weighted by molar-refractivity contribution is -0.744. The number of aliphatic hydroxyl groups excluding tert-OH is 1. The lowest BCUT2D eigenvalue weighted by Crippen LogP contribution is -2.45. The number of hydrogen-bond donors (Lipinski definition) is 3. The molecule has 0 unspecified atom stereocenters. The smallest absolute Gasteiger partial charge is 0.313 e. The first-order valence-corrected chi connectivity index (χ1v) is 7.07. The third kappa shape index (κ3) is 2.36. The highest BCUT2D eigenvalue weighted by Gasteiger charge is 2.41. The molecule has 1 saturated heterocycles. The molecule has 1 aliphatic heterocycles. The fourth-order valence-electron chi connectivity index (χ4n) is 2.88. The van der Waals surface area contributed by atoms with Gasteiger partial charge in [0.05, 0.1) is 13.7 Å². The molecule has 3 atom stereocenters. The Kier molecular flexibility index (Phi) is 3.85. The highest BCUT2D eigenvalue weighted by atomic mass is 16.5. The van der Waals surface area contributed by atoms with Crippen molar-refractivity contribution in [1.29, 1.82) is 0 Å². The van der Waals surface area contributed by atoms with Gasteiger partial charge in [-0.3, -0.25) is 14.3 Å². The monoisotopic (exact) mass is 310 g/mol. The second-order valence-electron chi connectivity index (χ2n) is 5.51. The Morgan fingerprint density at radius 2 is 2.45 bits per heavy atom. The van der Waals surface area contributed by atoms with Crippen LogP contribution in [-0.2, 0) is 16.5 Å². The number of aromatic nitrogens is 4. The number of nitrogens with two attached hydrogens (primary N) is 1. The number of methoxy groups -OCH3 is 1. The molecule has 0 radical (unpaired) electrons. The molecule has 9 heteroatoms. The average Bonchev–Trinajstić information content (AvgIpc) is 2.97. The van der Waals surface area contributed by atoms with Crippen LogP contribution in [0.1, 0.15) is 12.6 Å². The van der Waals surface area contributed by atoms with Crippen molar-refractivity contribution in [2.75, 3.05) is 26.1 Å². The molecule has 1 fully saturated rings. The summed E-state index contributed by atoms with van der Waals surface area (Å²) < 4.78 is 14.0. The number of H-pyrrole nitrogens is 1. The van der Waals surface area contributed by atoms with E-state index in [0.717, 1.165) is 0 Å². The van der Waals surface area contributed by atoms with Gasteiger partial charge in [0.2, 0.25) is 11.7 Å². The highest BCUT2D eigenvalue weighted by Crippen LogP contribution is 2.28.